The van der Waals surface area contributed by atoms with E-state index in [1.54, 1.807) is 25.1 Å². The maximum absolute atomic E-state index is 13.5. The Hall–Kier alpha value is -4.22. The van der Waals surface area contributed by atoms with Crippen LogP contribution in [0.5, 0.6) is 11.5 Å². The highest BCUT2D eigenvalue weighted by atomic mass is 16.5. The van der Waals surface area contributed by atoms with Crippen molar-refractivity contribution < 1.29 is 48.1 Å². The average molecular weight is 526 g/mol. The number of carbonyl (C=O) groups excluding carboxylic acids is 6. The van der Waals surface area contributed by atoms with Gasteiger partial charge in [-0.3, -0.25) is 19.2 Å². The van der Waals surface area contributed by atoms with E-state index in [1.807, 2.05) is 0 Å². The number of imide groups is 6. The molecule has 38 heavy (non-hydrogen) atoms. The molecule has 1 saturated carbocycles. The fraction of sp³-hybridized carbons (Fsp3) is 0.462. The summed E-state index contributed by atoms with van der Waals surface area (Å²) in [5.74, 6) is -7.97. The third-order valence-corrected chi connectivity index (χ3v) is 8.01. The minimum Gasteiger partial charge on any atom is -0.504 e. The zero-order valence-electron chi connectivity index (χ0n) is 20.9. The molecule has 0 aromatic heterocycles. The monoisotopic (exact) mass is 526 g/mol. The summed E-state index contributed by atoms with van der Waals surface area (Å²) in [4.78, 5) is 78.9. The summed E-state index contributed by atoms with van der Waals surface area (Å²) in [6, 6.07) is 4.57. The Balaban J connectivity index is 1.64. The molecule has 2 heterocycles. The molecule has 4 aliphatic rings. The lowest BCUT2D eigenvalue weighted by molar-refractivity contribution is -0.139. The molecule has 3 fully saturated rings. The smallest absolute Gasteiger partial charge is 0.423 e. The number of nitrogens with zero attached hydrogens (tertiary/aromatic N) is 2. The van der Waals surface area contributed by atoms with Crippen molar-refractivity contribution in [1.29, 1.82) is 0 Å². The Morgan fingerprint density at radius 1 is 0.895 bits per heavy atom. The molecule has 1 N–H and O–H groups in total. The Morgan fingerprint density at radius 2 is 1.50 bits per heavy atom. The molecule has 12 nitrogen and oxygen atoms in total. The highest BCUT2D eigenvalue weighted by Gasteiger charge is 2.63. The van der Waals surface area contributed by atoms with Gasteiger partial charge in [0.15, 0.2) is 11.5 Å². The van der Waals surface area contributed by atoms with E-state index >= 15 is 0 Å². The Morgan fingerprint density at radius 3 is 2.11 bits per heavy atom. The first-order valence-corrected chi connectivity index (χ1v) is 12.2. The molecular weight excluding hydrogens is 500 g/mol. The van der Waals surface area contributed by atoms with Gasteiger partial charge in [-0.25, -0.2) is 9.59 Å². The molecule has 5 rings (SSSR count). The average Bonchev–Trinajstić information content (AvgIpc) is 3.32. The summed E-state index contributed by atoms with van der Waals surface area (Å²) < 4.78 is 14.9. The van der Waals surface area contributed by atoms with Gasteiger partial charge in [0.05, 0.1) is 44.5 Å². The zero-order valence-corrected chi connectivity index (χ0v) is 20.9. The molecule has 6 atom stereocenters. The van der Waals surface area contributed by atoms with Crippen LogP contribution in [0.3, 0.4) is 0 Å². The number of amides is 6. The highest BCUT2D eigenvalue weighted by Crippen LogP contribution is 2.58. The molecule has 2 saturated heterocycles. The second kappa shape index (κ2) is 9.26. The van der Waals surface area contributed by atoms with Gasteiger partial charge in [-0.1, -0.05) is 17.7 Å². The van der Waals surface area contributed by atoms with Gasteiger partial charge in [-0.05, 0) is 43.4 Å². The summed E-state index contributed by atoms with van der Waals surface area (Å²) in [5.41, 5.74) is 1.19. The van der Waals surface area contributed by atoms with Crippen LogP contribution >= 0.6 is 0 Å². The number of phenols is 1. The maximum atomic E-state index is 13.5. The fourth-order valence-electron chi connectivity index (χ4n) is 6.50. The van der Waals surface area contributed by atoms with E-state index in [0.717, 1.165) is 14.2 Å². The van der Waals surface area contributed by atoms with E-state index in [4.69, 9.17) is 4.74 Å². The van der Waals surface area contributed by atoms with Crippen LogP contribution in [0.15, 0.2) is 29.8 Å². The second-order valence-corrected chi connectivity index (χ2v) is 9.65. The van der Waals surface area contributed by atoms with Gasteiger partial charge in [0.2, 0.25) is 23.6 Å². The molecule has 2 aliphatic carbocycles. The van der Waals surface area contributed by atoms with Crippen LogP contribution in [0, 0.1) is 29.6 Å². The van der Waals surface area contributed by atoms with Crippen LogP contribution in [0.2, 0.25) is 0 Å². The van der Waals surface area contributed by atoms with E-state index in [-0.39, 0.29) is 30.9 Å². The van der Waals surface area contributed by atoms with Gasteiger partial charge >= 0.3 is 12.2 Å². The van der Waals surface area contributed by atoms with Crippen molar-refractivity contribution in [2.75, 3.05) is 20.8 Å². The van der Waals surface area contributed by atoms with E-state index in [0.29, 0.717) is 20.9 Å². The molecule has 6 amide bonds. The summed E-state index contributed by atoms with van der Waals surface area (Å²) in [7, 11) is 2.13. The number of likely N-dealkylation sites (tertiary alicyclic amines) is 2. The minimum atomic E-state index is -1.10. The molecular formula is C26H26N2O10. The maximum Gasteiger partial charge on any atom is 0.423 e. The normalized spacial score (nSPS) is 29.9. The van der Waals surface area contributed by atoms with E-state index in [9.17, 15) is 33.9 Å². The number of hydrogen-bond donors (Lipinski definition) is 1. The first kappa shape index (κ1) is 25.4. The van der Waals surface area contributed by atoms with Gasteiger partial charge in [0.1, 0.15) is 0 Å². The lowest BCUT2D eigenvalue weighted by Gasteiger charge is -2.44. The number of phenolic OH excluding ortho intramolecular Hbond substituents is 1. The highest BCUT2D eigenvalue weighted by molar-refractivity contribution is 6.17. The van der Waals surface area contributed by atoms with Crippen molar-refractivity contribution in [1.82, 2.24) is 9.80 Å². The van der Waals surface area contributed by atoms with Crippen LogP contribution in [0.4, 0.5) is 9.59 Å². The number of hydrogen-bond acceptors (Lipinski definition) is 10. The molecule has 0 radical (unpaired) electrons. The number of allylic oxidation sites excluding steroid dienone is 2. The molecule has 1 aromatic carbocycles. The molecule has 2 aliphatic heterocycles. The first-order chi connectivity index (χ1) is 18.2. The summed E-state index contributed by atoms with van der Waals surface area (Å²) in [6.07, 6.45) is -0.235. The zero-order chi connectivity index (χ0) is 27.5. The molecule has 1 aromatic rings. The van der Waals surface area contributed by atoms with Gasteiger partial charge in [-0.15, -0.1) is 0 Å². The van der Waals surface area contributed by atoms with Crippen molar-refractivity contribution in [2.24, 2.45) is 29.6 Å². The molecule has 0 bridgehead atoms. The topological polar surface area (TPSA) is 157 Å². The number of methoxy groups -OCH3 is 2. The van der Waals surface area contributed by atoms with E-state index < -0.39 is 71.3 Å². The lowest BCUT2D eigenvalue weighted by atomic mass is 9.57. The molecule has 0 spiro atoms. The van der Waals surface area contributed by atoms with Crippen molar-refractivity contribution in [3.05, 3.63) is 35.4 Å². The number of ether oxygens (including phenoxy) is 3. The van der Waals surface area contributed by atoms with Crippen LogP contribution in [-0.4, -0.2) is 71.5 Å². The predicted molar refractivity (Wildman–Crippen MR) is 125 cm³/mol. The number of fused-ring (bicyclic) bond motifs is 4. The van der Waals surface area contributed by atoms with Gasteiger partial charge in [0, 0.05) is 5.92 Å². The lowest BCUT2D eigenvalue weighted by Crippen LogP contribution is -2.43. The minimum absolute atomic E-state index is 0.0245. The first-order valence-electron chi connectivity index (χ1n) is 12.2. The van der Waals surface area contributed by atoms with E-state index in [2.05, 4.69) is 9.47 Å². The fourth-order valence-corrected chi connectivity index (χ4v) is 6.50. The van der Waals surface area contributed by atoms with Crippen molar-refractivity contribution in [3.8, 4) is 11.5 Å². The third kappa shape index (κ3) is 3.50. The summed E-state index contributed by atoms with van der Waals surface area (Å²) >= 11 is 0. The Labute approximate surface area is 217 Å². The van der Waals surface area contributed by atoms with Crippen LogP contribution in [0.25, 0.3) is 0 Å². The molecule has 200 valence electrons. The van der Waals surface area contributed by atoms with Gasteiger partial charge in [0.25, 0.3) is 0 Å². The molecule has 12 heteroatoms. The standard InChI is InChI=1S/C26H26N2O10/c1-4-38-17-9-11(5-8-16(17)29)18-12-6-7-13-19(23(32)27(21(13)30)25(34)36-2)14(12)10-15-20(18)24(33)28(22(15)31)26(35)37-3/h5-6,8-9,13-15,18-20,29H,4,7,10H2,1-3H3. The summed E-state index contributed by atoms with van der Waals surface area (Å²) in [5, 5.41) is 10.3. The van der Waals surface area contributed by atoms with Crippen molar-refractivity contribution >= 4 is 35.8 Å². The predicted octanol–water partition coefficient (Wildman–Crippen LogP) is 1.96. The summed E-state index contributed by atoms with van der Waals surface area (Å²) in [6.45, 7) is 2.00. The van der Waals surface area contributed by atoms with Crippen molar-refractivity contribution in [2.45, 2.75) is 25.7 Å². The van der Waals surface area contributed by atoms with E-state index in [1.165, 1.54) is 6.07 Å². The Kier molecular flexibility index (Phi) is 6.20. The third-order valence-electron chi connectivity index (χ3n) is 8.01. The molecule has 6 unspecified atom stereocenters. The van der Waals surface area contributed by atoms with Crippen molar-refractivity contribution in [3.63, 3.8) is 0 Å². The van der Waals surface area contributed by atoms with Crippen LogP contribution in [-0.2, 0) is 28.7 Å². The largest absolute Gasteiger partial charge is 0.504 e. The second-order valence-electron chi connectivity index (χ2n) is 9.65. The van der Waals surface area contributed by atoms with Crippen LogP contribution < -0.4 is 4.74 Å². The number of aromatic hydroxyl groups is 1. The quantitative estimate of drug-likeness (QED) is 0.456. The Bertz CT molecular complexity index is 1300. The SMILES string of the molecule is CCOc1cc(C2C3=CCC4C(=O)N(C(=O)OC)C(=O)C4C3CC3C(=O)N(C(=O)OC)C(=O)C32)ccc1O. The number of benzene rings is 1. The number of carbonyl (C=O) groups is 6. The van der Waals surface area contributed by atoms with Gasteiger partial charge < -0.3 is 19.3 Å². The van der Waals surface area contributed by atoms with Crippen LogP contribution in [0.1, 0.15) is 31.2 Å². The number of rotatable bonds is 3. The van der Waals surface area contributed by atoms with Gasteiger partial charge in [-0.2, -0.15) is 9.80 Å².